The first kappa shape index (κ1) is 22.6. The number of ether oxygens (including phenoxy) is 4. The van der Waals surface area contributed by atoms with Crippen LogP contribution < -0.4 is 0 Å². The summed E-state index contributed by atoms with van der Waals surface area (Å²) in [5, 5.41) is 0. The zero-order chi connectivity index (χ0) is 22.2. The smallest absolute Gasteiger partial charge is 0.228 e. The van der Waals surface area contributed by atoms with Crippen LogP contribution in [0, 0.1) is 0 Å². The molecule has 0 bridgehead atoms. The van der Waals surface area contributed by atoms with Gasteiger partial charge in [0.05, 0.1) is 25.9 Å². The summed E-state index contributed by atoms with van der Waals surface area (Å²) in [5.74, 6) is 0. The van der Waals surface area contributed by atoms with Crippen molar-refractivity contribution in [3.63, 3.8) is 0 Å². The van der Waals surface area contributed by atoms with Gasteiger partial charge in [-0.3, -0.25) is 0 Å². The van der Waals surface area contributed by atoms with Gasteiger partial charge in [-0.25, -0.2) is 4.39 Å². The molecule has 0 saturated carbocycles. The largest absolute Gasteiger partial charge is 0.368 e. The monoisotopic (exact) mass is 436 g/mol. The van der Waals surface area contributed by atoms with Crippen molar-refractivity contribution in [1.29, 1.82) is 0 Å². The molecule has 0 N–H and O–H groups in total. The molecule has 0 spiro atoms. The highest BCUT2D eigenvalue weighted by atomic mass is 19.1. The van der Waals surface area contributed by atoms with Crippen LogP contribution >= 0.6 is 0 Å². The lowest BCUT2D eigenvalue weighted by Crippen LogP contribution is -2.58. The molecule has 0 aromatic heterocycles. The molecule has 4 rings (SSSR count). The van der Waals surface area contributed by atoms with Crippen molar-refractivity contribution in [3.05, 3.63) is 108 Å². The van der Waals surface area contributed by atoms with Crippen LogP contribution in [0.3, 0.4) is 0 Å². The summed E-state index contributed by atoms with van der Waals surface area (Å²) in [7, 11) is 0. The predicted molar refractivity (Wildman–Crippen MR) is 121 cm³/mol. The van der Waals surface area contributed by atoms with E-state index in [-0.39, 0.29) is 6.61 Å². The zero-order valence-electron chi connectivity index (χ0n) is 18.2. The fourth-order valence-corrected chi connectivity index (χ4v) is 3.85. The molecular formula is C27H29FO4. The van der Waals surface area contributed by atoms with Gasteiger partial charge in [0, 0.05) is 0 Å². The van der Waals surface area contributed by atoms with E-state index in [1.807, 2.05) is 97.9 Å². The van der Waals surface area contributed by atoms with Gasteiger partial charge in [0.25, 0.3) is 0 Å². The summed E-state index contributed by atoms with van der Waals surface area (Å²) in [6, 6.07) is 29.4. The lowest BCUT2D eigenvalue weighted by atomic mass is 9.99. The Hall–Kier alpha value is -2.57. The highest BCUT2D eigenvalue weighted by Gasteiger charge is 2.47. The zero-order valence-corrected chi connectivity index (χ0v) is 18.2. The minimum Gasteiger partial charge on any atom is -0.368 e. The topological polar surface area (TPSA) is 36.9 Å². The van der Waals surface area contributed by atoms with Crippen molar-refractivity contribution >= 4 is 0 Å². The molecule has 3 aromatic rings. The third kappa shape index (κ3) is 6.02. The molecule has 1 saturated heterocycles. The third-order valence-electron chi connectivity index (χ3n) is 5.57. The van der Waals surface area contributed by atoms with E-state index in [0.29, 0.717) is 13.2 Å². The molecule has 0 aliphatic carbocycles. The van der Waals surface area contributed by atoms with E-state index in [9.17, 15) is 0 Å². The van der Waals surface area contributed by atoms with Crippen LogP contribution in [0.1, 0.15) is 23.6 Å². The van der Waals surface area contributed by atoms with E-state index >= 15 is 4.39 Å². The average molecular weight is 437 g/mol. The lowest BCUT2D eigenvalue weighted by Gasteiger charge is -2.42. The minimum atomic E-state index is -1.61. The van der Waals surface area contributed by atoms with Crippen LogP contribution in [0.2, 0.25) is 0 Å². The van der Waals surface area contributed by atoms with Crippen LogP contribution in [0.5, 0.6) is 0 Å². The Bertz CT molecular complexity index is 867. The number of alkyl halides is 1. The Morgan fingerprint density at radius 2 is 0.969 bits per heavy atom. The standard InChI is InChI=1S/C27H29FO4/c1-20-24(29-17-21-11-5-2-6-12-21)25(30-18-22-13-7-3-8-14-22)26(27(28)32-20)31-19-23-15-9-4-10-16-23/h2-16,20,24-27H,17-19H2,1H3/t20?,24-,25?,26?,27?/m1/s1. The van der Waals surface area contributed by atoms with E-state index in [1.165, 1.54) is 0 Å². The Labute approximate surface area is 188 Å². The van der Waals surface area contributed by atoms with Crippen LogP contribution in [0.4, 0.5) is 4.39 Å². The summed E-state index contributed by atoms with van der Waals surface area (Å²) in [6.07, 6.45) is -4.10. The highest BCUT2D eigenvalue weighted by Crippen LogP contribution is 2.30. The summed E-state index contributed by atoms with van der Waals surface area (Å²) >= 11 is 0. The normalized spacial score (nSPS) is 25.5. The summed E-state index contributed by atoms with van der Waals surface area (Å²) < 4.78 is 39.1. The molecule has 5 heteroatoms. The molecule has 1 aliphatic heterocycles. The second kappa shape index (κ2) is 11.3. The average Bonchev–Trinajstić information content (AvgIpc) is 2.83. The molecule has 168 valence electrons. The van der Waals surface area contributed by atoms with E-state index < -0.39 is 30.8 Å². The Morgan fingerprint density at radius 3 is 1.41 bits per heavy atom. The summed E-state index contributed by atoms with van der Waals surface area (Å²) in [6.45, 7) is 2.79. The molecule has 1 fully saturated rings. The van der Waals surface area contributed by atoms with Crippen LogP contribution in [0.15, 0.2) is 91.0 Å². The van der Waals surface area contributed by atoms with Gasteiger partial charge in [-0.2, -0.15) is 0 Å². The van der Waals surface area contributed by atoms with Crippen molar-refractivity contribution in [2.24, 2.45) is 0 Å². The molecule has 0 radical (unpaired) electrons. The fraction of sp³-hybridized carbons (Fsp3) is 0.333. The second-order valence-corrected chi connectivity index (χ2v) is 7.98. The first-order chi connectivity index (χ1) is 15.7. The first-order valence-electron chi connectivity index (χ1n) is 11.0. The maximum absolute atomic E-state index is 15.0. The van der Waals surface area contributed by atoms with Crippen LogP contribution in [-0.2, 0) is 38.8 Å². The molecule has 4 nitrogen and oxygen atoms in total. The molecule has 1 aliphatic rings. The van der Waals surface area contributed by atoms with Crippen molar-refractivity contribution in [1.82, 2.24) is 0 Å². The number of rotatable bonds is 9. The van der Waals surface area contributed by atoms with Gasteiger partial charge in [0.2, 0.25) is 6.36 Å². The number of halogens is 1. The molecule has 3 aromatic carbocycles. The van der Waals surface area contributed by atoms with Gasteiger partial charge in [-0.05, 0) is 23.6 Å². The highest BCUT2D eigenvalue weighted by molar-refractivity contribution is 5.15. The van der Waals surface area contributed by atoms with Crippen molar-refractivity contribution in [2.75, 3.05) is 0 Å². The Morgan fingerprint density at radius 1 is 0.594 bits per heavy atom. The molecule has 32 heavy (non-hydrogen) atoms. The Kier molecular flexibility index (Phi) is 8.02. The summed E-state index contributed by atoms with van der Waals surface area (Å²) in [4.78, 5) is 0. The molecule has 5 atom stereocenters. The van der Waals surface area contributed by atoms with Gasteiger partial charge in [-0.1, -0.05) is 91.0 Å². The van der Waals surface area contributed by atoms with E-state index in [2.05, 4.69) is 0 Å². The number of hydrogen-bond acceptors (Lipinski definition) is 4. The van der Waals surface area contributed by atoms with Crippen LogP contribution in [-0.4, -0.2) is 30.8 Å². The maximum atomic E-state index is 15.0. The molecule has 4 unspecified atom stereocenters. The van der Waals surface area contributed by atoms with Gasteiger partial charge in [0.15, 0.2) is 0 Å². The number of benzene rings is 3. The maximum Gasteiger partial charge on any atom is 0.228 e. The van der Waals surface area contributed by atoms with Crippen molar-refractivity contribution in [2.45, 2.75) is 57.5 Å². The van der Waals surface area contributed by atoms with Gasteiger partial charge in [-0.15, -0.1) is 0 Å². The first-order valence-corrected chi connectivity index (χ1v) is 11.0. The predicted octanol–water partition coefficient (Wildman–Crippen LogP) is 5.46. The quantitative estimate of drug-likeness (QED) is 0.447. The molecular weight excluding hydrogens is 407 g/mol. The SMILES string of the molecule is CC1OC(F)C(OCc2ccccc2)C(OCc2ccccc2)[C@@H]1OCc1ccccc1. The minimum absolute atomic E-state index is 0.264. The van der Waals surface area contributed by atoms with Crippen LogP contribution in [0.25, 0.3) is 0 Å². The van der Waals surface area contributed by atoms with E-state index in [0.717, 1.165) is 16.7 Å². The van der Waals surface area contributed by atoms with Gasteiger partial charge >= 0.3 is 0 Å². The second-order valence-electron chi connectivity index (χ2n) is 7.98. The Balaban J connectivity index is 1.50. The van der Waals surface area contributed by atoms with Crippen molar-refractivity contribution in [3.8, 4) is 0 Å². The molecule has 1 heterocycles. The van der Waals surface area contributed by atoms with Crippen molar-refractivity contribution < 1.29 is 23.3 Å². The van der Waals surface area contributed by atoms with E-state index in [1.54, 1.807) is 0 Å². The molecule has 0 amide bonds. The van der Waals surface area contributed by atoms with Gasteiger partial charge < -0.3 is 18.9 Å². The summed E-state index contributed by atoms with van der Waals surface area (Å²) in [5.41, 5.74) is 3.00. The number of hydrogen-bond donors (Lipinski definition) is 0. The van der Waals surface area contributed by atoms with E-state index in [4.69, 9.17) is 18.9 Å². The fourth-order valence-electron chi connectivity index (χ4n) is 3.85. The third-order valence-corrected chi connectivity index (χ3v) is 5.57. The lowest BCUT2D eigenvalue weighted by molar-refractivity contribution is -0.288. The van der Waals surface area contributed by atoms with Gasteiger partial charge in [0.1, 0.15) is 18.3 Å².